The van der Waals surface area contributed by atoms with E-state index in [-0.39, 0.29) is 5.91 Å². The van der Waals surface area contributed by atoms with Crippen LogP contribution in [0.5, 0.6) is 0 Å². The maximum Gasteiger partial charge on any atom is 0.300 e. The van der Waals surface area contributed by atoms with Gasteiger partial charge in [-0.1, -0.05) is 30.7 Å². The number of anilines is 2. The summed E-state index contributed by atoms with van der Waals surface area (Å²) in [6.45, 7) is 5.63. The summed E-state index contributed by atoms with van der Waals surface area (Å²) in [5, 5.41) is 2.84. The Morgan fingerprint density at radius 1 is 1.08 bits per heavy atom. The molecule has 0 saturated carbocycles. The predicted molar refractivity (Wildman–Crippen MR) is 96.9 cm³/mol. The molecule has 3 rings (SSSR count). The summed E-state index contributed by atoms with van der Waals surface area (Å²) in [5.41, 5.74) is 3.47. The smallest absolute Gasteiger partial charge is 0.300 e. The van der Waals surface area contributed by atoms with Crippen LogP contribution in [0.15, 0.2) is 42.5 Å². The van der Waals surface area contributed by atoms with Crippen molar-refractivity contribution >= 4 is 29.0 Å². The van der Waals surface area contributed by atoms with Crippen LogP contribution in [0.25, 0.3) is 0 Å². The number of ketones is 1. The average Bonchev–Trinajstić information content (AvgIpc) is 2.81. The van der Waals surface area contributed by atoms with Gasteiger partial charge in [0, 0.05) is 5.69 Å². The van der Waals surface area contributed by atoms with Crippen molar-refractivity contribution in [1.82, 2.24) is 0 Å². The molecule has 1 aliphatic heterocycles. The fourth-order valence-corrected chi connectivity index (χ4v) is 3.12. The first kappa shape index (κ1) is 16.9. The third-order valence-corrected chi connectivity index (χ3v) is 4.36. The molecule has 1 heterocycles. The number of hydrogen-bond donors (Lipinski definition) is 1. The van der Waals surface area contributed by atoms with Gasteiger partial charge in [0.05, 0.1) is 11.3 Å². The summed E-state index contributed by atoms with van der Waals surface area (Å²) < 4.78 is 0. The van der Waals surface area contributed by atoms with Crippen LogP contribution >= 0.6 is 0 Å². The van der Waals surface area contributed by atoms with Crippen molar-refractivity contribution in [3.63, 3.8) is 0 Å². The summed E-state index contributed by atoms with van der Waals surface area (Å²) in [7, 11) is 0. The minimum Gasteiger partial charge on any atom is -0.324 e. The average molecular weight is 336 g/mol. The van der Waals surface area contributed by atoms with Crippen LogP contribution in [0.1, 0.15) is 34.8 Å². The van der Waals surface area contributed by atoms with Gasteiger partial charge in [0.1, 0.15) is 6.04 Å². The standard InChI is InChI=1S/C20H20N2O3/c1-4-16(19(24)21-14-7-5-6-12(2)10-14)22-17-9-8-13(3)11-15(17)18(23)20(22)25/h5-11,16H,4H2,1-3H3,(H,21,24). The van der Waals surface area contributed by atoms with Crippen molar-refractivity contribution in [2.24, 2.45) is 0 Å². The van der Waals surface area contributed by atoms with E-state index in [2.05, 4.69) is 5.32 Å². The van der Waals surface area contributed by atoms with Crippen LogP contribution in [0.4, 0.5) is 11.4 Å². The Morgan fingerprint density at radius 2 is 1.80 bits per heavy atom. The molecule has 2 aromatic rings. The van der Waals surface area contributed by atoms with Crippen molar-refractivity contribution in [3.05, 3.63) is 59.2 Å². The molecular weight excluding hydrogens is 316 g/mol. The number of carbonyl (C=O) groups is 3. The number of carbonyl (C=O) groups excluding carboxylic acids is 3. The first-order chi connectivity index (χ1) is 11.9. The zero-order valence-electron chi connectivity index (χ0n) is 14.5. The number of hydrogen-bond acceptors (Lipinski definition) is 3. The van der Waals surface area contributed by atoms with E-state index in [1.165, 1.54) is 4.90 Å². The number of rotatable bonds is 4. The second-order valence-corrected chi connectivity index (χ2v) is 6.31. The normalized spacial score (nSPS) is 14.4. The van der Waals surface area contributed by atoms with Gasteiger partial charge in [0.2, 0.25) is 5.91 Å². The minimum atomic E-state index is -0.735. The number of amides is 2. The number of nitrogens with zero attached hydrogens (tertiary/aromatic N) is 1. The largest absolute Gasteiger partial charge is 0.324 e. The Labute approximate surface area is 146 Å². The lowest BCUT2D eigenvalue weighted by Gasteiger charge is -2.26. The van der Waals surface area contributed by atoms with E-state index in [0.717, 1.165) is 11.1 Å². The van der Waals surface area contributed by atoms with Gasteiger partial charge in [-0.3, -0.25) is 19.3 Å². The summed E-state index contributed by atoms with van der Waals surface area (Å²) in [4.78, 5) is 38.8. The second-order valence-electron chi connectivity index (χ2n) is 6.31. The SMILES string of the molecule is CCC(C(=O)Nc1cccc(C)c1)N1C(=O)C(=O)c2cc(C)ccc21. The molecule has 128 valence electrons. The molecule has 2 amide bonds. The van der Waals surface area contributed by atoms with Crippen LogP contribution in [0, 0.1) is 13.8 Å². The highest BCUT2D eigenvalue weighted by molar-refractivity contribution is 6.53. The lowest BCUT2D eigenvalue weighted by molar-refractivity contribution is -0.121. The second kappa shape index (κ2) is 6.51. The van der Waals surface area contributed by atoms with Crippen LogP contribution in [0.2, 0.25) is 0 Å². The van der Waals surface area contributed by atoms with Gasteiger partial charge in [-0.25, -0.2) is 0 Å². The summed E-state index contributed by atoms with van der Waals surface area (Å²) in [5.74, 6) is -1.50. The molecule has 0 bridgehead atoms. The van der Waals surface area contributed by atoms with Crippen molar-refractivity contribution in [3.8, 4) is 0 Å². The highest BCUT2D eigenvalue weighted by Gasteiger charge is 2.41. The Bertz CT molecular complexity index is 873. The number of aryl methyl sites for hydroxylation is 2. The van der Waals surface area contributed by atoms with E-state index in [1.54, 1.807) is 18.2 Å². The molecule has 1 aliphatic rings. The predicted octanol–water partition coefficient (Wildman–Crippen LogP) is 3.25. The molecule has 1 unspecified atom stereocenters. The topological polar surface area (TPSA) is 66.5 Å². The number of fused-ring (bicyclic) bond motifs is 1. The molecule has 1 atom stereocenters. The Hall–Kier alpha value is -2.95. The van der Waals surface area contributed by atoms with Crippen LogP contribution in [0.3, 0.4) is 0 Å². The third-order valence-electron chi connectivity index (χ3n) is 4.36. The molecule has 5 heteroatoms. The van der Waals surface area contributed by atoms with Crippen molar-refractivity contribution in [1.29, 1.82) is 0 Å². The van der Waals surface area contributed by atoms with Gasteiger partial charge in [-0.05, 0) is 50.1 Å². The Kier molecular flexibility index (Phi) is 4.40. The van der Waals surface area contributed by atoms with E-state index in [1.807, 2.05) is 45.0 Å². The highest BCUT2D eigenvalue weighted by atomic mass is 16.2. The molecule has 1 N–H and O–H groups in total. The molecule has 2 aromatic carbocycles. The molecule has 0 spiro atoms. The van der Waals surface area contributed by atoms with E-state index in [4.69, 9.17) is 0 Å². The maximum absolute atomic E-state index is 12.8. The molecular formula is C20H20N2O3. The molecule has 5 nitrogen and oxygen atoms in total. The molecule has 0 fully saturated rings. The summed E-state index contributed by atoms with van der Waals surface area (Å²) in [6, 6.07) is 12.0. The first-order valence-corrected chi connectivity index (χ1v) is 8.28. The first-order valence-electron chi connectivity index (χ1n) is 8.28. The van der Waals surface area contributed by atoms with Gasteiger partial charge in [-0.2, -0.15) is 0 Å². The van der Waals surface area contributed by atoms with Gasteiger partial charge in [0.25, 0.3) is 11.7 Å². The third kappa shape index (κ3) is 3.05. The maximum atomic E-state index is 12.8. The minimum absolute atomic E-state index is 0.303. The van der Waals surface area contributed by atoms with E-state index >= 15 is 0 Å². The number of nitrogens with one attached hydrogen (secondary N) is 1. The summed E-state index contributed by atoms with van der Waals surface area (Å²) in [6.07, 6.45) is 0.407. The van der Waals surface area contributed by atoms with Gasteiger partial charge < -0.3 is 5.32 Å². The molecule has 0 aliphatic carbocycles. The van der Waals surface area contributed by atoms with Crippen LogP contribution in [-0.2, 0) is 9.59 Å². The highest BCUT2D eigenvalue weighted by Crippen LogP contribution is 2.32. The Balaban J connectivity index is 1.92. The zero-order chi connectivity index (χ0) is 18.1. The Morgan fingerprint density at radius 3 is 2.48 bits per heavy atom. The zero-order valence-corrected chi connectivity index (χ0v) is 14.5. The van der Waals surface area contributed by atoms with Gasteiger partial charge in [0.15, 0.2) is 0 Å². The van der Waals surface area contributed by atoms with Crippen molar-refractivity contribution in [2.45, 2.75) is 33.2 Å². The number of Topliss-reactive ketones (excluding diaryl/α,β-unsaturated/α-hetero) is 1. The fraction of sp³-hybridized carbons (Fsp3) is 0.250. The molecule has 0 aromatic heterocycles. The lowest BCUT2D eigenvalue weighted by atomic mass is 10.1. The fourth-order valence-electron chi connectivity index (χ4n) is 3.12. The van der Waals surface area contributed by atoms with E-state index in [9.17, 15) is 14.4 Å². The van der Waals surface area contributed by atoms with Crippen LogP contribution in [-0.4, -0.2) is 23.6 Å². The van der Waals surface area contributed by atoms with E-state index < -0.39 is 17.7 Å². The van der Waals surface area contributed by atoms with Gasteiger partial charge >= 0.3 is 0 Å². The molecule has 0 saturated heterocycles. The van der Waals surface area contributed by atoms with E-state index in [0.29, 0.717) is 23.4 Å². The van der Waals surface area contributed by atoms with Crippen LogP contribution < -0.4 is 10.2 Å². The molecule has 0 radical (unpaired) electrons. The summed E-state index contributed by atoms with van der Waals surface area (Å²) >= 11 is 0. The van der Waals surface area contributed by atoms with Crippen molar-refractivity contribution in [2.75, 3.05) is 10.2 Å². The monoisotopic (exact) mass is 336 g/mol. The van der Waals surface area contributed by atoms with Gasteiger partial charge in [-0.15, -0.1) is 0 Å². The van der Waals surface area contributed by atoms with Crippen molar-refractivity contribution < 1.29 is 14.4 Å². The molecule has 25 heavy (non-hydrogen) atoms. The number of benzene rings is 2. The quantitative estimate of drug-likeness (QED) is 0.872. The lowest BCUT2D eigenvalue weighted by Crippen LogP contribution is -2.46.